The number of hydroxylamine groups is 2. The Kier molecular flexibility index (Phi) is 4.36. The van der Waals surface area contributed by atoms with Gasteiger partial charge in [-0.2, -0.15) is 5.06 Å². The second kappa shape index (κ2) is 6.02. The maximum Gasteiger partial charge on any atom is 0.339 e. The Hall–Kier alpha value is -1.92. The third-order valence-electron chi connectivity index (χ3n) is 2.98. The Balaban J connectivity index is 2.09. The number of hydrogen-bond acceptors (Lipinski definition) is 3. The maximum atomic E-state index is 12.8. The molecule has 1 heterocycles. The van der Waals surface area contributed by atoms with E-state index in [4.69, 9.17) is 5.73 Å². The number of rotatable bonds is 4. The predicted octanol–water partition coefficient (Wildman–Crippen LogP) is 3.31. The molecule has 1 aromatic carbocycles. The molecule has 0 unspecified atom stereocenters. The summed E-state index contributed by atoms with van der Waals surface area (Å²) in [5, 5.41) is 10.0. The SMILES string of the molecule is C[C@H](c1ccc(Cc2ccc(F)cc2)s1)N(O)C(N)=O. The van der Waals surface area contributed by atoms with E-state index in [9.17, 15) is 14.4 Å². The Labute approximate surface area is 120 Å². The number of urea groups is 1. The molecule has 3 N–H and O–H groups in total. The standard InChI is InChI=1S/C14H15FN2O2S/c1-9(17(19)14(16)18)13-7-6-12(20-13)8-10-2-4-11(15)5-3-10/h2-7,9,19H,8H2,1H3,(H2,16,18)/t9-/m1/s1. The highest BCUT2D eigenvalue weighted by atomic mass is 32.1. The van der Waals surface area contributed by atoms with Crippen LogP contribution in [0.2, 0.25) is 0 Å². The number of nitrogens with zero attached hydrogens (tertiary/aromatic N) is 1. The monoisotopic (exact) mass is 294 g/mol. The first-order chi connectivity index (χ1) is 9.47. The Morgan fingerprint density at radius 3 is 2.60 bits per heavy atom. The van der Waals surface area contributed by atoms with Crippen LogP contribution in [0.25, 0.3) is 0 Å². The number of amides is 2. The number of halogens is 1. The van der Waals surface area contributed by atoms with Crippen LogP contribution in [-0.2, 0) is 6.42 Å². The number of hydrogen-bond donors (Lipinski definition) is 2. The van der Waals surface area contributed by atoms with Crippen molar-refractivity contribution in [3.63, 3.8) is 0 Å². The van der Waals surface area contributed by atoms with Gasteiger partial charge in [0.15, 0.2) is 0 Å². The van der Waals surface area contributed by atoms with Crippen molar-refractivity contribution in [1.29, 1.82) is 0 Å². The molecule has 0 bridgehead atoms. The van der Waals surface area contributed by atoms with E-state index in [2.05, 4.69) is 0 Å². The lowest BCUT2D eigenvalue weighted by Crippen LogP contribution is -2.34. The molecule has 0 aliphatic carbocycles. The predicted molar refractivity (Wildman–Crippen MR) is 75.1 cm³/mol. The van der Waals surface area contributed by atoms with E-state index in [1.807, 2.05) is 12.1 Å². The van der Waals surface area contributed by atoms with Crippen LogP contribution in [-0.4, -0.2) is 16.3 Å². The first-order valence-corrected chi connectivity index (χ1v) is 6.89. The van der Waals surface area contributed by atoms with Gasteiger partial charge in [-0.05, 0) is 36.8 Å². The number of thiophene rings is 1. The zero-order valence-corrected chi connectivity index (χ0v) is 11.7. The normalized spacial score (nSPS) is 12.2. The van der Waals surface area contributed by atoms with Crippen molar-refractivity contribution in [3.8, 4) is 0 Å². The van der Waals surface area contributed by atoms with Gasteiger partial charge in [-0.15, -0.1) is 11.3 Å². The van der Waals surface area contributed by atoms with Crippen LogP contribution in [0.1, 0.15) is 28.3 Å². The molecule has 4 nitrogen and oxygen atoms in total. The second-order valence-corrected chi connectivity index (χ2v) is 5.67. The Bertz CT molecular complexity index is 597. The minimum atomic E-state index is -0.883. The highest BCUT2D eigenvalue weighted by molar-refractivity contribution is 7.12. The third-order valence-corrected chi connectivity index (χ3v) is 4.23. The van der Waals surface area contributed by atoms with Crippen LogP contribution >= 0.6 is 11.3 Å². The summed E-state index contributed by atoms with van der Waals surface area (Å²) in [5.74, 6) is -0.258. The zero-order chi connectivity index (χ0) is 14.7. The molecule has 0 fully saturated rings. The van der Waals surface area contributed by atoms with E-state index in [1.165, 1.54) is 23.5 Å². The lowest BCUT2D eigenvalue weighted by Gasteiger charge is -2.18. The average molecular weight is 294 g/mol. The van der Waals surface area contributed by atoms with E-state index in [1.54, 1.807) is 19.1 Å². The second-order valence-electron chi connectivity index (χ2n) is 4.47. The van der Waals surface area contributed by atoms with Gasteiger partial charge >= 0.3 is 6.03 Å². The smallest absolute Gasteiger partial charge is 0.339 e. The van der Waals surface area contributed by atoms with Crippen molar-refractivity contribution in [2.24, 2.45) is 5.73 Å². The molecule has 0 saturated carbocycles. The quantitative estimate of drug-likeness (QED) is 0.671. The average Bonchev–Trinajstić information content (AvgIpc) is 2.88. The van der Waals surface area contributed by atoms with Gasteiger partial charge in [0.25, 0.3) is 0 Å². The fourth-order valence-corrected chi connectivity index (χ4v) is 2.91. The van der Waals surface area contributed by atoms with Gasteiger partial charge in [0.2, 0.25) is 0 Å². The molecule has 2 amide bonds. The molecule has 2 rings (SSSR count). The Morgan fingerprint density at radius 2 is 2.00 bits per heavy atom. The van der Waals surface area contributed by atoms with Crippen LogP contribution < -0.4 is 5.73 Å². The third kappa shape index (κ3) is 3.34. The van der Waals surface area contributed by atoms with Gasteiger partial charge in [-0.1, -0.05) is 12.1 Å². The van der Waals surface area contributed by atoms with Crippen LogP contribution in [0.4, 0.5) is 9.18 Å². The summed E-state index contributed by atoms with van der Waals surface area (Å²) in [5.41, 5.74) is 6.03. The lowest BCUT2D eigenvalue weighted by atomic mass is 10.1. The van der Waals surface area contributed by atoms with Crippen molar-refractivity contribution in [2.45, 2.75) is 19.4 Å². The topological polar surface area (TPSA) is 66.6 Å². The molecule has 0 radical (unpaired) electrons. The maximum absolute atomic E-state index is 12.8. The Morgan fingerprint density at radius 1 is 1.35 bits per heavy atom. The molecule has 2 aromatic rings. The molecular formula is C14H15FN2O2S. The summed E-state index contributed by atoms with van der Waals surface area (Å²) < 4.78 is 12.8. The summed E-state index contributed by atoms with van der Waals surface area (Å²) in [4.78, 5) is 12.8. The van der Waals surface area contributed by atoms with Gasteiger partial charge in [0.1, 0.15) is 5.82 Å². The highest BCUT2D eigenvalue weighted by Gasteiger charge is 2.18. The molecule has 106 valence electrons. The van der Waals surface area contributed by atoms with E-state index in [0.717, 1.165) is 15.3 Å². The van der Waals surface area contributed by atoms with Gasteiger partial charge in [-0.25, -0.2) is 9.18 Å². The zero-order valence-electron chi connectivity index (χ0n) is 10.9. The van der Waals surface area contributed by atoms with Crippen LogP contribution in [0, 0.1) is 5.82 Å². The van der Waals surface area contributed by atoms with Crippen molar-refractivity contribution in [2.75, 3.05) is 0 Å². The number of nitrogens with two attached hydrogens (primary N) is 1. The minimum absolute atomic E-state index is 0.258. The number of primary amides is 1. The van der Waals surface area contributed by atoms with Crippen LogP contribution in [0.15, 0.2) is 36.4 Å². The summed E-state index contributed by atoms with van der Waals surface area (Å²) in [6, 6.07) is 8.73. The van der Waals surface area contributed by atoms with Crippen molar-refractivity contribution >= 4 is 17.4 Å². The van der Waals surface area contributed by atoms with Crippen LogP contribution in [0.3, 0.4) is 0 Å². The van der Waals surface area contributed by atoms with Crippen molar-refractivity contribution in [3.05, 3.63) is 57.5 Å². The number of carbonyl (C=O) groups is 1. The highest BCUT2D eigenvalue weighted by Crippen LogP contribution is 2.28. The molecule has 1 atom stereocenters. The molecule has 1 aromatic heterocycles. The summed E-state index contributed by atoms with van der Waals surface area (Å²) in [6.45, 7) is 1.69. The summed E-state index contributed by atoms with van der Waals surface area (Å²) in [7, 11) is 0. The lowest BCUT2D eigenvalue weighted by molar-refractivity contribution is -0.0700. The molecular weight excluding hydrogens is 279 g/mol. The van der Waals surface area contributed by atoms with Gasteiger partial charge in [-0.3, -0.25) is 5.21 Å². The fraction of sp³-hybridized carbons (Fsp3) is 0.214. The molecule has 0 aliphatic heterocycles. The molecule has 0 aliphatic rings. The van der Waals surface area contributed by atoms with E-state index < -0.39 is 12.1 Å². The molecule has 6 heteroatoms. The largest absolute Gasteiger partial charge is 0.350 e. The van der Waals surface area contributed by atoms with Gasteiger partial charge in [0.05, 0.1) is 6.04 Å². The van der Waals surface area contributed by atoms with Crippen molar-refractivity contribution < 1.29 is 14.4 Å². The van der Waals surface area contributed by atoms with Crippen LogP contribution in [0.5, 0.6) is 0 Å². The van der Waals surface area contributed by atoms with Crippen molar-refractivity contribution in [1.82, 2.24) is 5.06 Å². The summed E-state index contributed by atoms with van der Waals surface area (Å²) in [6.07, 6.45) is 0.680. The number of benzene rings is 1. The molecule has 0 spiro atoms. The first kappa shape index (κ1) is 14.5. The van der Waals surface area contributed by atoms with Gasteiger partial charge < -0.3 is 5.73 Å². The molecule has 20 heavy (non-hydrogen) atoms. The number of carbonyl (C=O) groups excluding carboxylic acids is 1. The van der Waals surface area contributed by atoms with E-state index >= 15 is 0 Å². The minimum Gasteiger partial charge on any atom is -0.350 e. The van der Waals surface area contributed by atoms with E-state index in [0.29, 0.717) is 11.5 Å². The first-order valence-electron chi connectivity index (χ1n) is 6.08. The fourth-order valence-electron chi connectivity index (χ4n) is 1.83. The van der Waals surface area contributed by atoms with Gasteiger partial charge in [0, 0.05) is 16.2 Å². The van der Waals surface area contributed by atoms with E-state index in [-0.39, 0.29) is 5.82 Å². The molecule has 0 saturated heterocycles. The summed E-state index contributed by atoms with van der Waals surface area (Å²) >= 11 is 1.48.